The molecule has 1 aromatic carbocycles. The number of amides is 1. The summed E-state index contributed by atoms with van der Waals surface area (Å²) in [5, 5.41) is 19.2. The van der Waals surface area contributed by atoms with Crippen LogP contribution in [0.1, 0.15) is 27.8 Å². The van der Waals surface area contributed by atoms with Crippen molar-refractivity contribution < 1.29 is 18.9 Å². The van der Waals surface area contributed by atoms with E-state index in [-0.39, 0.29) is 17.3 Å². The molecule has 1 amide bonds. The molecule has 1 aromatic heterocycles. The number of halogens is 2. The highest BCUT2D eigenvalue weighted by Crippen LogP contribution is 2.19. The maximum absolute atomic E-state index is 13.3. The summed E-state index contributed by atoms with van der Waals surface area (Å²) in [5.74, 6) is -1.16. The van der Waals surface area contributed by atoms with E-state index in [1.54, 1.807) is 6.92 Å². The quantitative estimate of drug-likeness (QED) is 0.896. The van der Waals surface area contributed by atoms with Gasteiger partial charge in [-0.3, -0.25) is 4.79 Å². The van der Waals surface area contributed by atoms with Gasteiger partial charge in [-0.2, -0.15) is 0 Å². The molecule has 1 heterocycles. The molecule has 0 fully saturated rings. The predicted octanol–water partition coefficient (Wildman–Crippen LogP) is 1.63. The van der Waals surface area contributed by atoms with Gasteiger partial charge in [0.25, 0.3) is 5.91 Å². The molecule has 0 spiro atoms. The van der Waals surface area contributed by atoms with Gasteiger partial charge in [0.15, 0.2) is 5.69 Å². The summed E-state index contributed by atoms with van der Waals surface area (Å²) in [4.78, 5) is 11.7. The smallest absolute Gasteiger partial charge is 0.275 e. The van der Waals surface area contributed by atoms with Gasteiger partial charge in [0, 0.05) is 6.54 Å². The number of carbonyl (C=O) groups excluding carboxylic acids is 1. The maximum atomic E-state index is 13.3. The third kappa shape index (κ3) is 3.12. The number of benzene rings is 1. The molecule has 0 aliphatic heterocycles. The van der Waals surface area contributed by atoms with Crippen LogP contribution in [0.4, 0.5) is 4.39 Å². The van der Waals surface area contributed by atoms with Crippen LogP contribution >= 0.6 is 11.6 Å². The van der Waals surface area contributed by atoms with Crippen LogP contribution in [0.15, 0.2) is 22.8 Å². The molecule has 106 valence electrons. The minimum Gasteiger partial charge on any atom is -0.387 e. The number of carbonyl (C=O) groups is 1. The summed E-state index contributed by atoms with van der Waals surface area (Å²) in [6.45, 7) is 1.46. The average Bonchev–Trinajstić information content (AvgIpc) is 2.85. The van der Waals surface area contributed by atoms with Gasteiger partial charge in [-0.1, -0.05) is 22.8 Å². The lowest BCUT2D eigenvalue weighted by molar-refractivity contribution is 0.0906. The second-order valence-electron chi connectivity index (χ2n) is 4.10. The van der Waals surface area contributed by atoms with Crippen molar-refractivity contribution in [3.63, 3.8) is 0 Å². The number of nitrogens with zero attached hydrogens (tertiary/aromatic N) is 2. The highest BCUT2D eigenvalue weighted by Gasteiger charge is 2.17. The number of aromatic nitrogens is 2. The molecule has 1 unspecified atom stereocenters. The van der Waals surface area contributed by atoms with Crippen molar-refractivity contribution in [1.29, 1.82) is 0 Å². The van der Waals surface area contributed by atoms with Crippen molar-refractivity contribution >= 4 is 17.5 Å². The van der Waals surface area contributed by atoms with Crippen LogP contribution in [-0.2, 0) is 0 Å². The van der Waals surface area contributed by atoms with Gasteiger partial charge >= 0.3 is 0 Å². The van der Waals surface area contributed by atoms with E-state index in [2.05, 4.69) is 20.3 Å². The van der Waals surface area contributed by atoms with Crippen LogP contribution in [0.25, 0.3) is 0 Å². The molecule has 0 saturated heterocycles. The Balaban J connectivity index is 1.98. The number of hydrogen-bond donors (Lipinski definition) is 2. The molecule has 0 radical (unpaired) electrons. The first-order valence-electron chi connectivity index (χ1n) is 5.69. The number of rotatable bonds is 4. The minimum absolute atomic E-state index is 0.0331. The Labute approximate surface area is 118 Å². The van der Waals surface area contributed by atoms with Gasteiger partial charge in [0.05, 0.1) is 11.1 Å². The van der Waals surface area contributed by atoms with Gasteiger partial charge in [-0.25, -0.2) is 9.02 Å². The molecular formula is C12H11ClFN3O3. The standard InChI is InChI=1S/C12H11ClFN3O3/c1-6-11(17-20-16-6)12(19)15-5-10(18)7-2-3-8(13)9(14)4-7/h2-4,10,18H,5H2,1H3,(H,15,19). The minimum atomic E-state index is -1.06. The van der Waals surface area contributed by atoms with Crippen molar-refractivity contribution in [1.82, 2.24) is 15.6 Å². The molecule has 2 rings (SSSR count). The fraction of sp³-hybridized carbons (Fsp3) is 0.250. The van der Waals surface area contributed by atoms with Crippen LogP contribution in [0.2, 0.25) is 5.02 Å². The lowest BCUT2D eigenvalue weighted by Gasteiger charge is -2.12. The third-order valence-electron chi connectivity index (χ3n) is 2.65. The normalized spacial score (nSPS) is 12.2. The van der Waals surface area contributed by atoms with E-state index < -0.39 is 17.8 Å². The van der Waals surface area contributed by atoms with Gasteiger partial charge in [0.1, 0.15) is 11.5 Å². The molecule has 20 heavy (non-hydrogen) atoms. The van der Waals surface area contributed by atoms with Gasteiger partial charge in [-0.05, 0) is 29.8 Å². The monoisotopic (exact) mass is 299 g/mol. The average molecular weight is 300 g/mol. The molecule has 1 atom stereocenters. The zero-order chi connectivity index (χ0) is 14.7. The summed E-state index contributed by atoms with van der Waals surface area (Å²) in [7, 11) is 0. The number of aryl methyl sites for hydroxylation is 1. The summed E-state index contributed by atoms with van der Waals surface area (Å²) in [6.07, 6.45) is -1.06. The Bertz CT molecular complexity index is 632. The number of aliphatic hydroxyl groups is 1. The molecule has 0 aliphatic rings. The highest BCUT2D eigenvalue weighted by molar-refractivity contribution is 6.30. The van der Waals surface area contributed by atoms with Crippen LogP contribution < -0.4 is 5.32 Å². The van der Waals surface area contributed by atoms with Crippen molar-refractivity contribution in [2.75, 3.05) is 6.54 Å². The lowest BCUT2D eigenvalue weighted by Crippen LogP contribution is -2.29. The van der Waals surface area contributed by atoms with Crippen molar-refractivity contribution in [3.8, 4) is 0 Å². The molecule has 6 nitrogen and oxygen atoms in total. The molecule has 0 aliphatic carbocycles. The van der Waals surface area contributed by atoms with E-state index in [0.717, 1.165) is 6.07 Å². The van der Waals surface area contributed by atoms with Gasteiger partial charge < -0.3 is 10.4 Å². The molecule has 8 heteroatoms. The fourth-order valence-electron chi connectivity index (χ4n) is 1.55. The molecule has 0 bridgehead atoms. The molecule has 2 aromatic rings. The topological polar surface area (TPSA) is 88.2 Å². The van der Waals surface area contributed by atoms with Crippen molar-refractivity contribution in [2.24, 2.45) is 0 Å². The van der Waals surface area contributed by atoms with E-state index in [0.29, 0.717) is 11.3 Å². The highest BCUT2D eigenvalue weighted by atomic mass is 35.5. The van der Waals surface area contributed by atoms with Crippen molar-refractivity contribution in [3.05, 3.63) is 46.0 Å². The van der Waals surface area contributed by atoms with Crippen LogP contribution in [0.5, 0.6) is 0 Å². The number of nitrogens with one attached hydrogen (secondary N) is 1. The second kappa shape index (κ2) is 5.98. The van der Waals surface area contributed by atoms with Crippen LogP contribution in [0, 0.1) is 12.7 Å². The number of aliphatic hydroxyl groups excluding tert-OH is 1. The summed E-state index contributed by atoms with van der Waals surface area (Å²) >= 11 is 5.55. The third-order valence-corrected chi connectivity index (χ3v) is 2.96. The Morgan fingerprint density at radius 3 is 2.90 bits per heavy atom. The zero-order valence-electron chi connectivity index (χ0n) is 10.4. The largest absolute Gasteiger partial charge is 0.387 e. The first-order chi connectivity index (χ1) is 9.49. The fourth-order valence-corrected chi connectivity index (χ4v) is 1.67. The zero-order valence-corrected chi connectivity index (χ0v) is 11.2. The first kappa shape index (κ1) is 14.4. The van der Waals surface area contributed by atoms with E-state index in [1.165, 1.54) is 12.1 Å². The second-order valence-corrected chi connectivity index (χ2v) is 4.50. The van der Waals surface area contributed by atoms with E-state index in [9.17, 15) is 14.3 Å². The lowest BCUT2D eigenvalue weighted by atomic mass is 10.1. The van der Waals surface area contributed by atoms with Gasteiger partial charge in [-0.15, -0.1) is 0 Å². The maximum Gasteiger partial charge on any atom is 0.275 e. The Morgan fingerprint density at radius 2 is 2.30 bits per heavy atom. The summed E-state index contributed by atoms with van der Waals surface area (Å²) in [5.41, 5.74) is 0.691. The van der Waals surface area contributed by atoms with Crippen LogP contribution in [0.3, 0.4) is 0 Å². The van der Waals surface area contributed by atoms with E-state index >= 15 is 0 Å². The molecule has 0 saturated carbocycles. The Hall–Kier alpha value is -1.99. The van der Waals surface area contributed by atoms with E-state index in [1.807, 2.05) is 0 Å². The Morgan fingerprint density at radius 1 is 1.55 bits per heavy atom. The van der Waals surface area contributed by atoms with Crippen molar-refractivity contribution in [2.45, 2.75) is 13.0 Å². The molecule has 2 N–H and O–H groups in total. The predicted molar refractivity (Wildman–Crippen MR) is 67.7 cm³/mol. The number of hydrogen-bond acceptors (Lipinski definition) is 5. The van der Waals surface area contributed by atoms with Gasteiger partial charge in [0.2, 0.25) is 0 Å². The summed E-state index contributed by atoms with van der Waals surface area (Å²) < 4.78 is 17.7. The Kier molecular flexibility index (Phi) is 4.31. The van der Waals surface area contributed by atoms with E-state index in [4.69, 9.17) is 11.6 Å². The summed E-state index contributed by atoms with van der Waals surface area (Å²) in [6, 6.07) is 3.93. The first-order valence-corrected chi connectivity index (χ1v) is 6.07. The van der Waals surface area contributed by atoms with Crippen LogP contribution in [-0.4, -0.2) is 27.9 Å². The SMILES string of the molecule is Cc1nonc1C(=O)NCC(O)c1ccc(Cl)c(F)c1. The molecular weight excluding hydrogens is 289 g/mol.